The molecule has 0 unspecified atom stereocenters. The van der Waals surface area contributed by atoms with E-state index in [1.54, 1.807) is 0 Å². The van der Waals surface area contributed by atoms with E-state index >= 15 is 0 Å². The molecule has 1 saturated carbocycles. The summed E-state index contributed by atoms with van der Waals surface area (Å²) in [6, 6.07) is 8.00. The second kappa shape index (κ2) is 9.53. The van der Waals surface area contributed by atoms with Crippen molar-refractivity contribution in [2.24, 2.45) is 0 Å². The molecule has 0 aliphatic heterocycles. The third kappa shape index (κ3) is 5.08. The van der Waals surface area contributed by atoms with Crippen molar-refractivity contribution < 1.29 is 14.1 Å². The predicted molar refractivity (Wildman–Crippen MR) is 103 cm³/mol. The third-order valence-electron chi connectivity index (χ3n) is 5.12. The van der Waals surface area contributed by atoms with Crippen LogP contribution in [0.5, 0.6) is 5.75 Å². The van der Waals surface area contributed by atoms with Gasteiger partial charge in [-0.25, -0.2) is 0 Å². The first-order valence-corrected chi connectivity index (χ1v) is 10.1. The topological polar surface area (TPSA) is 68.5 Å². The summed E-state index contributed by atoms with van der Waals surface area (Å²) in [6.07, 6.45) is 6.89. The standard InChI is InChI=1S/C21H29N3O3/c1-3-24(17-8-6-5-7-9-17)20(25)15-14-19-22-21(23-27-19)16-10-12-18(13-11-16)26-4-2/h10-13,17H,3-9,14-15H2,1-2H3. The van der Waals surface area contributed by atoms with E-state index < -0.39 is 0 Å². The fourth-order valence-corrected chi connectivity index (χ4v) is 3.73. The zero-order chi connectivity index (χ0) is 19.1. The van der Waals surface area contributed by atoms with Gasteiger partial charge in [0, 0.05) is 31.0 Å². The van der Waals surface area contributed by atoms with Crippen LogP contribution in [0.15, 0.2) is 28.8 Å². The van der Waals surface area contributed by atoms with E-state index in [1.165, 1.54) is 19.3 Å². The summed E-state index contributed by atoms with van der Waals surface area (Å²) >= 11 is 0. The van der Waals surface area contributed by atoms with Crippen molar-refractivity contribution in [3.8, 4) is 17.1 Å². The fraction of sp³-hybridized carbons (Fsp3) is 0.571. The summed E-state index contributed by atoms with van der Waals surface area (Å²) in [5.41, 5.74) is 0.872. The van der Waals surface area contributed by atoms with Gasteiger partial charge in [-0.2, -0.15) is 4.98 Å². The lowest BCUT2D eigenvalue weighted by Crippen LogP contribution is -2.41. The zero-order valence-electron chi connectivity index (χ0n) is 16.3. The molecule has 6 heteroatoms. The van der Waals surface area contributed by atoms with Gasteiger partial charge >= 0.3 is 0 Å². The van der Waals surface area contributed by atoms with Crippen LogP contribution in [0, 0.1) is 0 Å². The van der Waals surface area contributed by atoms with Crippen molar-refractivity contribution in [2.75, 3.05) is 13.2 Å². The Kier molecular flexibility index (Phi) is 6.85. The molecule has 0 spiro atoms. The number of aryl methyl sites for hydroxylation is 1. The van der Waals surface area contributed by atoms with Crippen molar-refractivity contribution >= 4 is 5.91 Å². The summed E-state index contributed by atoms with van der Waals surface area (Å²) in [4.78, 5) is 19.1. The number of ether oxygens (including phenoxy) is 1. The van der Waals surface area contributed by atoms with Crippen LogP contribution in [0.25, 0.3) is 11.4 Å². The Balaban J connectivity index is 1.56. The molecular weight excluding hydrogens is 342 g/mol. The molecule has 0 saturated heterocycles. The van der Waals surface area contributed by atoms with E-state index in [4.69, 9.17) is 9.26 Å². The maximum atomic E-state index is 12.6. The van der Waals surface area contributed by atoms with Gasteiger partial charge in [0.1, 0.15) is 5.75 Å². The molecule has 1 heterocycles. The largest absolute Gasteiger partial charge is 0.494 e. The van der Waals surface area contributed by atoms with Crippen molar-refractivity contribution in [3.63, 3.8) is 0 Å². The van der Waals surface area contributed by atoms with Gasteiger partial charge in [-0.3, -0.25) is 4.79 Å². The first kappa shape index (κ1) is 19.4. The van der Waals surface area contributed by atoms with Gasteiger partial charge < -0.3 is 14.2 Å². The Bertz CT molecular complexity index is 721. The number of rotatable bonds is 8. The lowest BCUT2D eigenvalue weighted by Gasteiger charge is -2.33. The molecule has 2 aromatic rings. The van der Waals surface area contributed by atoms with E-state index in [-0.39, 0.29) is 5.91 Å². The fourth-order valence-electron chi connectivity index (χ4n) is 3.73. The predicted octanol–water partition coefficient (Wildman–Crippen LogP) is 4.25. The number of carbonyl (C=O) groups excluding carboxylic acids is 1. The van der Waals surface area contributed by atoms with Crippen LogP contribution in [-0.4, -0.2) is 40.1 Å². The summed E-state index contributed by atoms with van der Waals surface area (Å²) in [6.45, 7) is 5.41. The minimum atomic E-state index is 0.185. The summed E-state index contributed by atoms with van der Waals surface area (Å²) < 4.78 is 10.8. The highest BCUT2D eigenvalue weighted by Crippen LogP contribution is 2.24. The summed E-state index contributed by atoms with van der Waals surface area (Å²) in [5, 5.41) is 4.04. The second-order valence-electron chi connectivity index (χ2n) is 6.94. The monoisotopic (exact) mass is 371 g/mol. The van der Waals surface area contributed by atoms with Crippen LogP contribution in [0.2, 0.25) is 0 Å². The highest BCUT2D eigenvalue weighted by Gasteiger charge is 2.24. The van der Waals surface area contributed by atoms with E-state index in [1.807, 2.05) is 36.1 Å². The highest BCUT2D eigenvalue weighted by molar-refractivity contribution is 5.76. The van der Waals surface area contributed by atoms with Gasteiger partial charge in [-0.1, -0.05) is 24.4 Å². The molecule has 1 aliphatic rings. The third-order valence-corrected chi connectivity index (χ3v) is 5.12. The van der Waals surface area contributed by atoms with Crippen LogP contribution in [0.4, 0.5) is 0 Å². The molecule has 3 rings (SSSR count). The molecule has 0 radical (unpaired) electrons. The van der Waals surface area contributed by atoms with Gasteiger partial charge in [-0.05, 0) is 51.0 Å². The number of carbonyl (C=O) groups is 1. The molecule has 1 aliphatic carbocycles. The van der Waals surface area contributed by atoms with Crippen molar-refractivity contribution in [1.29, 1.82) is 0 Å². The van der Waals surface area contributed by atoms with Gasteiger partial charge in [0.25, 0.3) is 0 Å². The van der Waals surface area contributed by atoms with Crippen LogP contribution >= 0.6 is 0 Å². The number of nitrogens with zero attached hydrogens (tertiary/aromatic N) is 3. The second-order valence-corrected chi connectivity index (χ2v) is 6.94. The molecule has 0 bridgehead atoms. The minimum absolute atomic E-state index is 0.185. The summed E-state index contributed by atoms with van der Waals surface area (Å²) in [7, 11) is 0. The van der Waals surface area contributed by atoms with Crippen molar-refractivity contribution in [2.45, 2.75) is 64.8 Å². The number of hydrogen-bond acceptors (Lipinski definition) is 5. The highest BCUT2D eigenvalue weighted by atomic mass is 16.5. The Morgan fingerprint density at radius 3 is 2.59 bits per heavy atom. The van der Waals surface area contributed by atoms with Gasteiger partial charge in [0.05, 0.1) is 6.61 Å². The van der Waals surface area contributed by atoms with Crippen LogP contribution < -0.4 is 4.74 Å². The molecular formula is C21H29N3O3. The lowest BCUT2D eigenvalue weighted by atomic mass is 9.94. The number of hydrogen-bond donors (Lipinski definition) is 0. The summed E-state index contributed by atoms with van der Waals surface area (Å²) in [5.74, 6) is 2.05. The van der Waals surface area contributed by atoms with Crippen molar-refractivity contribution in [3.05, 3.63) is 30.2 Å². The van der Waals surface area contributed by atoms with Crippen molar-refractivity contribution in [1.82, 2.24) is 15.0 Å². The maximum absolute atomic E-state index is 12.6. The average Bonchev–Trinajstić information content (AvgIpc) is 3.18. The van der Waals surface area contributed by atoms with Crippen LogP contribution in [-0.2, 0) is 11.2 Å². The molecule has 1 fully saturated rings. The van der Waals surface area contributed by atoms with E-state index in [9.17, 15) is 4.79 Å². The smallest absolute Gasteiger partial charge is 0.227 e. The molecule has 0 N–H and O–H groups in total. The van der Waals surface area contributed by atoms with Gasteiger partial charge in [0.15, 0.2) is 0 Å². The Hall–Kier alpha value is -2.37. The maximum Gasteiger partial charge on any atom is 0.227 e. The Labute approximate surface area is 160 Å². The molecule has 146 valence electrons. The number of aromatic nitrogens is 2. The molecule has 6 nitrogen and oxygen atoms in total. The Morgan fingerprint density at radius 1 is 1.19 bits per heavy atom. The van der Waals surface area contributed by atoms with Crippen LogP contribution in [0.1, 0.15) is 58.3 Å². The average molecular weight is 371 g/mol. The molecule has 1 aromatic heterocycles. The first-order valence-electron chi connectivity index (χ1n) is 10.1. The van der Waals surface area contributed by atoms with E-state index in [0.717, 1.165) is 30.7 Å². The number of benzene rings is 1. The molecule has 1 aromatic carbocycles. The first-order chi connectivity index (χ1) is 13.2. The lowest BCUT2D eigenvalue weighted by molar-refractivity contribution is -0.134. The van der Waals surface area contributed by atoms with E-state index in [2.05, 4.69) is 17.1 Å². The quantitative estimate of drug-likeness (QED) is 0.694. The Morgan fingerprint density at radius 2 is 1.93 bits per heavy atom. The minimum Gasteiger partial charge on any atom is -0.494 e. The SMILES string of the molecule is CCOc1ccc(-c2noc(CCC(=O)N(CC)C3CCCCC3)n2)cc1. The molecule has 1 amide bonds. The van der Waals surface area contributed by atoms with E-state index in [0.29, 0.717) is 37.2 Å². The molecule has 0 atom stereocenters. The van der Waals surface area contributed by atoms with Gasteiger partial charge in [0.2, 0.25) is 17.6 Å². The normalized spacial score (nSPS) is 14.9. The van der Waals surface area contributed by atoms with Gasteiger partial charge in [-0.15, -0.1) is 0 Å². The number of amides is 1. The molecule has 27 heavy (non-hydrogen) atoms. The zero-order valence-corrected chi connectivity index (χ0v) is 16.3. The van der Waals surface area contributed by atoms with Crippen LogP contribution in [0.3, 0.4) is 0 Å².